The lowest BCUT2D eigenvalue weighted by atomic mass is 10.2. The molecule has 0 aromatic heterocycles. The van der Waals surface area contributed by atoms with Crippen molar-refractivity contribution in [3.05, 3.63) is 0 Å². The molecule has 1 unspecified atom stereocenters. The van der Waals surface area contributed by atoms with Gasteiger partial charge in [-0.25, -0.2) is 0 Å². The fourth-order valence-electron chi connectivity index (χ4n) is 1.10. The van der Waals surface area contributed by atoms with E-state index >= 15 is 0 Å². The Morgan fingerprint density at radius 3 is 2.31 bits per heavy atom. The van der Waals surface area contributed by atoms with Crippen molar-refractivity contribution in [2.24, 2.45) is 11.5 Å². The van der Waals surface area contributed by atoms with E-state index in [1.807, 2.05) is 0 Å². The minimum atomic E-state index is -1.22. The number of hydrogen-bond acceptors (Lipinski definition) is 4. The van der Waals surface area contributed by atoms with Crippen molar-refractivity contribution in [3.8, 4) is 0 Å². The first kappa shape index (κ1) is 9.94. The largest absolute Gasteiger partial charge is 0.378 e. The topological polar surface area (TPSA) is 98.7 Å². The Kier molecular flexibility index (Phi) is 3.21. The van der Waals surface area contributed by atoms with Crippen LogP contribution in [0.2, 0.25) is 0 Å². The molecule has 6 heteroatoms. The summed E-state index contributed by atoms with van der Waals surface area (Å²) in [5, 5.41) is 0. The lowest BCUT2D eigenvalue weighted by molar-refractivity contribution is -0.140. The van der Waals surface area contributed by atoms with Crippen molar-refractivity contribution in [3.63, 3.8) is 0 Å². The minimum absolute atomic E-state index is 0.421. The van der Waals surface area contributed by atoms with Crippen LogP contribution in [-0.2, 0) is 14.3 Å². The number of nitrogens with two attached hydrogens (primary N) is 2. The maximum Gasteiger partial charge on any atom is 0.249 e. The SMILES string of the molecule is NC(=O)C(N)C(=O)N1CCOCC1. The van der Waals surface area contributed by atoms with Gasteiger partial charge in [0.25, 0.3) is 0 Å². The number of carbonyl (C=O) groups excluding carboxylic acids is 2. The Labute approximate surface area is 75.8 Å². The van der Waals surface area contributed by atoms with Gasteiger partial charge in [-0.05, 0) is 0 Å². The van der Waals surface area contributed by atoms with E-state index in [1.165, 1.54) is 4.90 Å². The quantitative estimate of drug-likeness (QED) is 0.473. The van der Waals surface area contributed by atoms with Crippen LogP contribution in [0.25, 0.3) is 0 Å². The van der Waals surface area contributed by atoms with Crippen LogP contribution in [-0.4, -0.2) is 49.1 Å². The summed E-state index contributed by atoms with van der Waals surface area (Å²) in [7, 11) is 0. The number of rotatable bonds is 2. The van der Waals surface area contributed by atoms with E-state index in [1.54, 1.807) is 0 Å². The summed E-state index contributed by atoms with van der Waals surface area (Å²) in [4.78, 5) is 23.5. The number of ether oxygens (including phenoxy) is 1. The summed E-state index contributed by atoms with van der Waals surface area (Å²) >= 11 is 0. The third-order valence-corrected chi connectivity index (χ3v) is 1.90. The van der Waals surface area contributed by atoms with Crippen molar-refractivity contribution in [2.45, 2.75) is 6.04 Å². The first-order valence-corrected chi connectivity index (χ1v) is 4.04. The predicted molar refractivity (Wildman–Crippen MR) is 44.6 cm³/mol. The van der Waals surface area contributed by atoms with E-state index in [9.17, 15) is 9.59 Å². The van der Waals surface area contributed by atoms with E-state index < -0.39 is 17.9 Å². The molecular weight excluding hydrogens is 174 g/mol. The van der Waals surface area contributed by atoms with Crippen LogP contribution in [0.3, 0.4) is 0 Å². The van der Waals surface area contributed by atoms with Gasteiger partial charge >= 0.3 is 0 Å². The van der Waals surface area contributed by atoms with Crippen molar-refractivity contribution < 1.29 is 14.3 Å². The van der Waals surface area contributed by atoms with Gasteiger partial charge in [0, 0.05) is 13.1 Å². The van der Waals surface area contributed by atoms with Gasteiger partial charge in [-0.1, -0.05) is 0 Å². The summed E-state index contributed by atoms with van der Waals surface area (Å²) in [6, 6.07) is -1.22. The molecule has 1 saturated heterocycles. The summed E-state index contributed by atoms with van der Waals surface area (Å²) in [6.45, 7) is 1.91. The average Bonchev–Trinajstić information content (AvgIpc) is 2.17. The second kappa shape index (κ2) is 4.20. The highest BCUT2D eigenvalue weighted by Crippen LogP contribution is 1.98. The lowest BCUT2D eigenvalue weighted by Gasteiger charge is -2.28. The Morgan fingerprint density at radius 2 is 1.85 bits per heavy atom. The monoisotopic (exact) mass is 187 g/mol. The summed E-state index contributed by atoms with van der Waals surface area (Å²) < 4.78 is 5.04. The van der Waals surface area contributed by atoms with Crippen molar-refractivity contribution in [1.82, 2.24) is 4.90 Å². The highest BCUT2D eigenvalue weighted by atomic mass is 16.5. The second-order valence-corrected chi connectivity index (χ2v) is 2.82. The molecule has 0 spiro atoms. The number of morpholine rings is 1. The van der Waals surface area contributed by atoms with Crippen LogP contribution in [0.1, 0.15) is 0 Å². The normalized spacial score (nSPS) is 19.6. The number of amides is 2. The average molecular weight is 187 g/mol. The molecule has 1 aliphatic rings. The van der Waals surface area contributed by atoms with Gasteiger partial charge in [-0.15, -0.1) is 0 Å². The van der Waals surface area contributed by atoms with Gasteiger partial charge < -0.3 is 21.1 Å². The first-order chi connectivity index (χ1) is 6.13. The Bertz CT molecular complexity index is 213. The molecule has 0 radical (unpaired) electrons. The highest BCUT2D eigenvalue weighted by Gasteiger charge is 2.26. The maximum absolute atomic E-state index is 11.4. The maximum atomic E-state index is 11.4. The van der Waals surface area contributed by atoms with Gasteiger partial charge in [0.1, 0.15) is 0 Å². The summed E-state index contributed by atoms with van der Waals surface area (Å²) in [5.41, 5.74) is 10.2. The second-order valence-electron chi connectivity index (χ2n) is 2.82. The number of carbonyl (C=O) groups is 2. The number of hydrogen-bond donors (Lipinski definition) is 2. The van der Waals surface area contributed by atoms with Crippen LogP contribution in [0.4, 0.5) is 0 Å². The minimum Gasteiger partial charge on any atom is -0.378 e. The molecule has 1 rings (SSSR count). The molecule has 1 aliphatic heterocycles. The Hall–Kier alpha value is -1.14. The van der Waals surface area contributed by atoms with Crippen molar-refractivity contribution in [2.75, 3.05) is 26.3 Å². The van der Waals surface area contributed by atoms with Crippen molar-refractivity contribution in [1.29, 1.82) is 0 Å². The van der Waals surface area contributed by atoms with Gasteiger partial charge in [-0.3, -0.25) is 9.59 Å². The van der Waals surface area contributed by atoms with Crippen molar-refractivity contribution >= 4 is 11.8 Å². The fraction of sp³-hybridized carbons (Fsp3) is 0.714. The molecule has 0 bridgehead atoms. The third kappa shape index (κ3) is 2.40. The molecule has 1 fully saturated rings. The molecule has 74 valence electrons. The van der Waals surface area contributed by atoms with Gasteiger partial charge in [0.15, 0.2) is 6.04 Å². The molecule has 13 heavy (non-hydrogen) atoms. The van der Waals surface area contributed by atoms with Crippen LogP contribution >= 0.6 is 0 Å². The van der Waals surface area contributed by atoms with Crippen LogP contribution < -0.4 is 11.5 Å². The Balaban J connectivity index is 2.50. The third-order valence-electron chi connectivity index (χ3n) is 1.90. The number of primary amides is 1. The standard InChI is InChI=1S/C7H13N3O3/c8-5(6(9)11)7(12)10-1-3-13-4-2-10/h5H,1-4,8H2,(H2,9,11). The molecule has 0 saturated carbocycles. The van der Waals surface area contributed by atoms with E-state index in [2.05, 4.69) is 0 Å². The van der Waals surface area contributed by atoms with Gasteiger partial charge in [-0.2, -0.15) is 0 Å². The molecule has 0 aromatic rings. The molecule has 0 aliphatic carbocycles. The molecule has 6 nitrogen and oxygen atoms in total. The highest BCUT2D eigenvalue weighted by molar-refractivity contribution is 6.03. The molecule has 1 atom stereocenters. The van der Waals surface area contributed by atoms with E-state index in [0.29, 0.717) is 26.3 Å². The molecular formula is C7H13N3O3. The summed E-state index contributed by atoms with van der Waals surface area (Å²) in [6.07, 6.45) is 0. The van der Waals surface area contributed by atoms with Crippen LogP contribution in [0.5, 0.6) is 0 Å². The molecule has 4 N–H and O–H groups in total. The van der Waals surface area contributed by atoms with Gasteiger partial charge in [0.2, 0.25) is 11.8 Å². The van der Waals surface area contributed by atoms with E-state index in [4.69, 9.17) is 16.2 Å². The fourth-order valence-corrected chi connectivity index (χ4v) is 1.10. The smallest absolute Gasteiger partial charge is 0.249 e. The zero-order valence-electron chi connectivity index (χ0n) is 7.23. The molecule has 0 aromatic carbocycles. The van der Waals surface area contributed by atoms with E-state index in [-0.39, 0.29) is 0 Å². The first-order valence-electron chi connectivity index (χ1n) is 4.04. The molecule has 1 heterocycles. The van der Waals surface area contributed by atoms with Crippen LogP contribution in [0.15, 0.2) is 0 Å². The zero-order valence-corrected chi connectivity index (χ0v) is 7.23. The molecule has 2 amide bonds. The van der Waals surface area contributed by atoms with Gasteiger partial charge in [0.05, 0.1) is 13.2 Å². The predicted octanol–water partition coefficient (Wildman–Crippen LogP) is -2.34. The van der Waals surface area contributed by atoms with E-state index in [0.717, 1.165) is 0 Å². The Morgan fingerprint density at radius 1 is 1.31 bits per heavy atom. The summed E-state index contributed by atoms with van der Waals surface area (Å²) in [5.74, 6) is -1.22. The number of nitrogens with zero attached hydrogens (tertiary/aromatic N) is 1. The lowest BCUT2D eigenvalue weighted by Crippen LogP contribution is -2.53. The van der Waals surface area contributed by atoms with Crippen LogP contribution in [0, 0.1) is 0 Å². The zero-order chi connectivity index (χ0) is 9.84.